The number of carbonyl (C=O) groups is 1. The van der Waals surface area contributed by atoms with E-state index in [-0.39, 0.29) is 18.0 Å². The maximum atomic E-state index is 11.9. The lowest BCUT2D eigenvalue weighted by molar-refractivity contribution is -0.120. The van der Waals surface area contributed by atoms with Crippen LogP contribution in [0.2, 0.25) is 0 Å². The van der Waals surface area contributed by atoms with Crippen molar-refractivity contribution in [1.82, 2.24) is 15.3 Å². The number of aryl methyl sites for hydroxylation is 3. The van der Waals surface area contributed by atoms with E-state index in [2.05, 4.69) is 34.4 Å². The van der Waals surface area contributed by atoms with Crippen molar-refractivity contribution in [2.24, 2.45) is 0 Å². The Balaban J connectivity index is 2.24. The first kappa shape index (κ1) is 15.7. The van der Waals surface area contributed by atoms with Crippen LogP contribution in [0.3, 0.4) is 0 Å². The molecule has 2 aromatic rings. The first-order valence-corrected chi connectivity index (χ1v) is 7.78. The molecule has 2 aromatic heterocycles. The van der Waals surface area contributed by atoms with E-state index >= 15 is 0 Å². The molecule has 0 aliphatic rings. The largest absolute Gasteiger partial charge is 0.360 e. The number of hydrogen-bond donors (Lipinski definition) is 2. The van der Waals surface area contributed by atoms with E-state index in [9.17, 15) is 4.79 Å². The van der Waals surface area contributed by atoms with E-state index in [0.717, 1.165) is 16.0 Å². The zero-order valence-corrected chi connectivity index (χ0v) is 14.2. The SMILES string of the molecule is Cc1nc(NCC(=O)NC(C)(C)C)c2c(C)c(C)sc2n1. The molecule has 0 bridgehead atoms. The van der Waals surface area contributed by atoms with Crippen molar-refractivity contribution >= 4 is 33.3 Å². The summed E-state index contributed by atoms with van der Waals surface area (Å²) in [6.07, 6.45) is 0. The van der Waals surface area contributed by atoms with Crippen molar-refractivity contribution < 1.29 is 4.79 Å². The summed E-state index contributed by atoms with van der Waals surface area (Å²) in [5.74, 6) is 1.41. The number of amides is 1. The Morgan fingerprint density at radius 2 is 1.86 bits per heavy atom. The number of fused-ring (bicyclic) bond motifs is 1. The quantitative estimate of drug-likeness (QED) is 0.915. The molecule has 0 saturated carbocycles. The van der Waals surface area contributed by atoms with Gasteiger partial charge in [0, 0.05) is 10.4 Å². The molecule has 1 amide bonds. The first-order chi connectivity index (χ1) is 9.67. The van der Waals surface area contributed by atoms with Gasteiger partial charge in [-0.05, 0) is 47.1 Å². The van der Waals surface area contributed by atoms with Crippen LogP contribution >= 0.6 is 11.3 Å². The first-order valence-electron chi connectivity index (χ1n) is 6.96. The standard InChI is InChI=1S/C15H22N4OS/c1-8-9(2)21-14-12(8)13(17-10(3)18-14)16-7-11(20)19-15(4,5)6/h7H2,1-6H3,(H,19,20)(H,16,17,18). The van der Waals surface area contributed by atoms with Crippen LogP contribution in [-0.4, -0.2) is 28.0 Å². The van der Waals surface area contributed by atoms with Gasteiger partial charge in [0.05, 0.1) is 11.9 Å². The van der Waals surface area contributed by atoms with Gasteiger partial charge in [0.25, 0.3) is 0 Å². The number of carbonyl (C=O) groups excluding carboxylic acids is 1. The van der Waals surface area contributed by atoms with E-state index in [1.165, 1.54) is 10.4 Å². The summed E-state index contributed by atoms with van der Waals surface area (Å²) in [6, 6.07) is 0. The van der Waals surface area contributed by atoms with Gasteiger partial charge in [-0.1, -0.05) is 0 Å². The van der Waals surface area contributed by atoms with Crippen LogP contribution in [0.25, 0.3) is 10.2 Å². The molecule has 0 unspecified atom stereocenters. The topological polar surface area (TPSA) is 66.9 Å². The predicted octanol–water partition coefficient (Wildman–Crippen LogP) is 2.94. The minimum Gasteiger partial charge on any atom is -0.360 e. The molecule has 0 aliphatic carbocycles. The van der Waals surface area contributed by atoms with Crippen molar-refractivity contribution in [3.63, 3.8) is 0 Å². The minimum absolute atomic E-state index is 0.0449. The number of hydrogen-bond acceptors (Lipinski definition) is 5. The number of rotatable bonds is 3. The Morgan fingerprint density at radius 1 is 1.19 bits per heavy atom. The Hall–Kier alpha value is -1.69. The van der Waals surface area contributed by atoms with Crippen LogP contribution < -0.4 is 10.6 Å². The molecule has 0 fully saturated rings. The average Bonchev–Trinajstić information content (AvgIpc) is 2.59. The summed E-state index contributed by atoms with van der Waals surface area (Å²) in [7, 11) is 0. The molecule has 0 radical (unpaired) electrons. The highest BCUT2D eigenvalue weighted by Crippen LogP contribution is 2.32. The molecule has 0 aliphatic heterocycles. The Labute approximate surface area is 129 Å². The highest BCUT2D eigenvalue weighted by molar-refractivity contribution is 7.18. The molecule has 2 heterocycles. The summed E-state index contributed by atoms with van der Waals surface area (Å²) in [6.45, 7) is 12.1. The number of nitrogens with zero attached hydrogens (tertiary/aromatic N) is 2. The third kappa shape index (κ3) is 3.69. The van der Waals surface area contributed by atoms with E-state index in [4.69, 9.17) is 0 Å². The third-order valence-electron chi connectivity index (χ3n) is 3.07. The van der Waals surface area contributed by atoms with E-state index in [0.29, 0.717) is 5.82 Å². The molecule has 114 valence electrons. The second-order valence-electron chi connectivity index (χ2n) is 6.23. The lowest BCUT2D eigenvalue weighted by Crippen LogP contribution is -2.43. The molecule has 6 heteroatoms. The third-order valence-corrected chi connectivity index (χ3v) is 4.17. The number of aromatic nitrogens is 2. The van der Waals surface area contributed by atoms with Crippen LogP contribution in [0.1, 0.15) is 37.0 Å². The summed E-state index contributed by atoms with van der Waals surface area (Å²) >= 11 is 1.66. The van der Waals surface area contributed by atoms with Crippen LogP contribution in [-0.2, 0) is 4.79 Å². The maximum absolute atomic E-state index is 11.9. The summed E-state index contributed by atoms with van der Waals surface area (Å²) in [4.78, 5) is 23.0. The summed E-state index contributed by atoms with van der Waals surface area (Å²) in [5, 5.41) is 7.10. The minimum atomic E-state index is -0.232. The van der Waals surface area contributed by atoms with Gasteiger partial charge in [0.2, 0.25) is 5.91 Å². The van der Waals surface area contributed by atoms with Crippen molar-refractivity contribution in [3.8, 4) is 0 Å². The molecule has 21 heavy (non-hydrogen) atoms. The van der Waals surface area contributed by atoms with Gasteiger partial charge in [0.15, 0.2) is 0 Å². The molecule has 5 nitrogen and oxygen atoms in total. The van der Waals surface area contributed by atoms with Gasteiger partial charge in [-0.3, -0.25) is 4.79 Å². The maximum Gasteiger partial charge on any atom is 0.239 e. The van der Waals surface area contributed by atoms with Gasteiger partial charge in [0.1, 0.15) is 16.5 Å². The van der Waals surface area contributed by atoms with Gasteiger partial charge in [-0.2, -0.15) is 0 Å². The van der Waals surface area contributed by atoms with E-state index < -0.39 is 0 Å². The Bertz CT molecular complexity index is 685. The Morgan fingerprint density at radius 3 is 2.48 bits per heavy atom. The van der Waals surface area contributed by atoms with E-state index in [1.54, 1.807) is 11.3 Å². The summed E-state index contributed by atoms with van der Waals surface area (Å²) in [5.41, 5.74) is 0.943. The highest BCUT2D eigenvalue weighted by atomic mass is 32.1. The molecule has 0 aromatic carbocycles. The fourth-order valence-corrected chi connectivity index (χ4v) is 3.19. The number of thiophene rings is 1. The van der Waals surface area contributed by atoms with Crippen LogP contribution in [0.5, 0.6) is 0 Å². The van der Waals surface area contributed by atoms with Gasteiger partial charge in [-0.15, -0.1) is 11.3 Å². The fourth-order valence-electron chi connectivity index (χ4n) is 2.11. The van der Waals surface area contributed by atoms with Crippen LogP contribution in [0.4, 0.5) is 5.82 Å². The fraction of sp³-hybridized carbons (Fsp3) is 0.533. The van der Waals surface area contributed by atoms with Crippen molar-refractivity contribution in [3.05, 3.63) is 16.3 Å². The lowest BCUT2D eigenvalue weighted by atomic mass is 10.1. The second-order valence-corrected chi connectivity index (χ2v) is 7.44. The molecule has 2 N–H and O–H groups in total. The van der Waals surface area contributed by atoms with Crippen molar-refractivity contribution in [1.29, 1.82) is 0 Å². The monoisotopic (exact) mass is 306 g/mol. The van der Waals surface area contributed by atoms with Gasteiger partial charge < -0.3 is 10.6 Å². The normalized spacial score (nSPS) is 11.7. The van der Waals surface area contributed by atoms with Crippen LogP contribution in [0, 0.1) is 20.8 Å². The molecule has 0 saturated heterocycles. The van der Waals surface area contributed by atoms with Gasteiger partial charge in [-0.25, -0.2) is 9.97 Å². The molecule has 0 atom stereocenters. The van der Waals surface area contributed by atoms with Crippen molar-refractivity contribution in [2.45, 2.75) is 47.1 Å². The molecule has 0 spiro atoms. The molecular weight excluding hydrogens is 284 g/mol. The average molecular weight is 306 g/mol. The van der Waals surface area contributed by atoms with Crippen LogP contribution in [0.15, 0.2) is 0 Å². The molecular formula is C15H22N4OS. The summed E-state index contributed by atoms with van der Waals surface area (Å²) < 4.78 is 0. The highest BCUT2D eigenvalue weighted by Gasteiger charge is 2.16. The van der Waals surface area contributed by atoms with Gasteiger partial charge >= 0.3 is 0 Å². The molecule has 2 rings (SSSR count). The lowest BCUT2D eigenvalue weighted by Gasteiger charge is -2.20. The zero-order valence-electron chi connectivity index (χ0n) is 13.4. The number of nitrogens with one attached hydrogen (secondary N) is 2. The number of anilines is 1. The van der Waals surface area contributed by atoms with E-state index in [1.807, 2.05) is 27.7 Å². The zero-order chi connectivity index (χ0) is 15.8. The second kappa shape index (κ2) is 5.60. The smallest absolute Gasteiger partial charge is 0.239 e. The van der Waals surface area contributed by atoms with Crippen molar-refractivity contribution in [2.75, 3.05) is 11.9 Å². The predicted molar refractivity (Wildman–Crippen MR) is 88.0 cm³/mol. The Kier molecular flexibility index (Phi) is 4.18.